The van der Waals surface area contributed by atoms with E-state index in [1.807, 2.05) is 40.8 Å². The molecular formula is C20H19N5O2. The number of aromatic carboxylic acids is 1. The molecule has 2 aromatic heterocycles. The number of imidazole rings is 1. The van der Waals surface area contributed by atoms with Gasteiger partial charge in [-0.05, 0) is 44.2 Å². The maximum Gasteiger partial charge on any atom is 0.335 e. The number of para-hydroxylation sites is 2. The lowest BCUT2D eigenvalue weighted by molar-refractivity contribution is 0.0697. The zero-order valence-electron chi connectivity index (χ0n) is 15.3. The lowest BCUT2D eigenvalue weighted by atomic mass is 10.2. The molecule has 0 amide bonds. The van der Waals surface area contributed by atoms with Gasteiger partial charge in [0.1, 0.15) is 6.33 Å². The maximum absolute atomic E-state index is 11.3. The van der Waals surface area contributed by atoms with E-state index in [0.29, 0.717) is 22.7 Å². The number of fused-ring (bicyclic) bond motifs is 2. The molecule has 0 atom stereocenters. The standard InChI is InChI=1S/C20H19N5O2/c1-12(2)24(3)18-19(25-11-21-15-6-4-5-7-17(15)25)22-14-9-8-13(20(26)27)10-16(14)23-18/h4-12H,1-3H3,(H,26,27). The van der Waals surface area contributed by atoms with E-state index in [2.05, 4.69) is 18.8 Å². The number of nitrogens with zero attached hydrogens (tertiary/aromatic N) is 5. The Morgan fingerprint density at radius 3 is 2.59 bits per heavy atom. The summed E-state index contributed by atoms with van der Waals surface area (Å²) in [5.74, 6) is 0.348. The SMILES string of the molecule is CC(C)N(C)c1nc2cc(C(=O)O)ccc2nc1-n1cnc2ccccc21. The second-order valence-electron chi connectivity index (χ2n) is 6.69. The van der Waals surface area contributed by atoms with Gasteiger partial charge < -0.3 is 10.0 Å². The van der Waals surface area contributed by atoms with Gasteiger partial charge in [0.05, 0.1) is 27.6 Å². The molecule has 0 unspecified atom stereocenters. The van der Waals surface area contributed by atoms with E-state index in [4.69, 9.17) is 9.97 Å². The van der Waals surface area contributed by atoms with Crippen LogP contribution in [0, 0.1) is 0 Å². The molecule has 0 aliphatic carbocycles. The van der Waals surface area contributed by atoms with E-state index < -0.39 is 5.97 Å². The van der Waals surface area contributed by atoms with Crippen molar-refractivity contribution in [2.45, 2.75) is 19.9 Å². The van der Waals surface area contributed by atoms with Crippen LogP contribution < -0.4 is 4.90 Å². The van der Waals surface area contributed by atoms with Gasteiger partial charge in [-0.25, -0.2) is 19.7 Å². The fourth-order valence-corrected chi connectivity index (χ4v) is 2.94. The third-order valence-corrected chi connectivity index (χ3v) is 4.67. The van der Waals surface area contributed by atoms with E-state index in [9.17, 15) is 9.90 Å². The third kappa shape index (κ3) is 2.87. The van der Waals surface area contributed by atoms with Crippen LogP contribution in [0.15, 0.2) is 48.8 Å². The molecule has 4 aromatic rings. The summed E-state index contributed by atoms with van der Waals surface area (Å²) in [6, 6.07) is 12.8. The Morgan fingerprint density at radius 2 is 1.85 bits per heavy atom. The molecule has 2 heterocycles. The Labute approximate surface area is 155 Å². The highest BCUT2D eigenvalue weighted by molar-refractivity contribution is 5.93. The van der Waals surface area contributed by atoms with Gasteiger partial charge in [-0.15, -0.1) is 0 Å². The first-order chi connectivity index (χ1) is 13.0. The molecule has 7 heteroatoms. The number of aromatic nitrogens is 4. The number of benzene rings is 2. The fourth-order valence-electron chi connectivity index (χ4n) is 2.94. The van der Waals surface area contributed by atoms with Crippen LogP contribution in [-0.4, -0.2) is 43.7 Å². The Morgan fingerprint density at radius 1 is 1.07 bits per heavy atom. The molecule has 0 saturated heterocycles. The summed E-state index contributed by atoms with van der Waals surface area (Å²) >= 11 is 0. The number of rotatable bonds is 4. The molecule has 0 spiro atoms. The molecule has 1 N–H and O–H groups in total. The Kier molecular flexibility index (Phi) is 3.99. The molecule has 136 valence electrons. The molecule has 0 bridgehead atoms. The number of hydrogen-bond acceptors (Lipinski definition) is 5. The van der Waals surface area contributed by atoms with Gasteiger partial charge in [-0.1, -0.05) is 12.1 Å². The van der Waals surface area contributed by atoms with Crippen molar-refractivity contribution in [3.8, 4) is 5.82 Å². The molecule has 0 aliphatic rings. The molecule has 7 nitrogen and oxygen atoms in total. The smallest absolute Gasteiger partial charge is 0.335 e. The van der Waals surface area contributed by atoms with Crippen molar-refractivity contribution in [2.75, 3.05) is 11.9 Å². The van der Waals surface area contributed by atoms with Crippen molar-refractivity contribution in [3.63, 3.8) is 0 Å². The topological polar surface area (TPSA) is 84.1 Å². The molecule has 0 radical (unpaired) electrons. The zero-order chi connectivity index (χ0) is 19.1. The highest BCUT2D eigenvalue weighted by Gasteiger charge is 2.19. The number of carbonyl (C=O) groups is 1. The van der Waals surface area contributed by atoms with Crippen molar-refractivity contribution in [3.05, 3.63) is 54.4 Å². The van der Waals surface area contributed by atoms with E-state index in [-0.39, 0.29) is 11.6 Å². The Bertz CT molecular complexity index is 1170. The molecule has 0 saturated carbocycles. The number of hydrogen-bond donors (Lipinski definition) is 1. The van der Waals surface area contributed by atoms with Gasteiger partial charge in [-0.2, -0.15) is 0 Å². The minimum atomic E-state index is -0.984. The van der Waals surface area contributed by atoms with Crippen LogP contribution in [0.2, 0.25) is 0 Å². The second-order valence-corrected chi connectivity index (χ2v) is 6.69. The Hall–Kier alpha value is -3.48. The zero-order valence-corrected chi connectivity index (χ0v) is 15.3. The normalized spacial score (nSPS) is 11.4. The summed E-state index contributed by atoms with van der Waals surface area (Å²) < 4.78 is 1.92. The van der Waals surface area contributed by atoms with Crippen molar-refractivity contribution in [2.24, 2.45) is 0 Å². The first-order valence-corrected chi connectivity index (χ1v) is 8.66. The van der Waals surface area contributed by atoms with Crippen LogP contribution in [0.3, 0.4) is 0 Å². The maximum atomic E-state index is 11.3. The first-order valence-electron chi connectivity index (χ1n) is 8.66. The van der Waals surface area contributed by atoms with Gasteiger partial charge in [0.2, 0.25) is 0 Å². The minimum absolute atomic E-state index is 0.188. The summed E-state index contributed by atoms with van der Waals surface area (Å²) in [6.45, 7) is 4.13. The monoisotopic (exact) mass is 361 g/mol. The average molecular weight is 361 g/mol. The van der Waals surface area contributed by atoms with Gasteiger partial charge in [0, 0.05) is 13.1 Å². The van der Waals surface area contributed by atoms with E-state index >= 15 is 0 Å². The first kappa shape index (κ1) is 17.0. The second kappa shape index (κ2) is 6.35. The lowest BCUT2D eigenvalue weighted by Gasteiger charge is -2.25. The molecule has 4 rings (SSSR count). The largest absolute Gasteiger partial charge is 0.478 e. The fraction of sp³-hybridized carbons (Fsp3) is 0.200. The number of anilines is 1. The number of carboxylic acids is 1. The van der Waals surface area contributed by atoms with Crippen LogP contribution in [0.25, 0.3) is 27.9 Å². The minimum Gasteiger partial charge on any atom is -0.478 e. The molecular weight excluding hydrogens is 342 g/mol. The third-order valence-electron chi connectivity index (χ3n) is 4.67. The van der Waals surface area contributed by atoms with E-state index in [0.717, 1.165) is 11.0 Å². The highest BCUT2D eigenvalue weighted by atomic mass is 16.4. The van der Waals surface area contributed by atoms with Crippen LogP contribution in [0.5, 0.6) is 0 Å². The van der Waals surface area contributed by atoms with E-state index in [1.165, 1.54) is 0 Å². The van der Waals surface area contributed by atoms with Gasteiger partial charge in [0.25, 0.3) is 0 Å². The van der Waals surface area contributed by atoms with Crippen LogP contribution in [0.1, 0.15) is 24.2 Å². The van der Waals surface area contributed by atoms with Gasteiger partial charge >= 0.3 is 5.97 Å². The van der Waals surface area contributed by atoms with Gasteiger partial charge in [-0.3, -0.25) is 4.57 Å². The lowest BCUT2D eigenvalue weighted by Crippen LogP contribution is -2.28. The Balaban J connectivity index is 2.01. The summed E-state index contributed by atoms with van der Waals surface area (Å²) in [5.41, 5.74) is 3.18. The predicted molar refractivity (Wildman–Crippen MR) is 105 cm³/mol. The van der Waals surface area contributed by atoms with Crippen molar-refractivity contribution >= 4 is 33.9 Å². The van der Waals surface area contributed by atoms with Gasteiger partial charge in [0.15, 0.2) is 11.6 Å². The average Bonchev–Trinajstić information content (AvgIpc) is 3.09. The molecule has 0 fully saturated rings. The van der Waals surface area contributed by atoms with Crippen LogP contribution >= 0.6 is 0 Å². The van der Waals surface area contributed by atoms with Crippen LogP contribution in [-0.2, 0) is 0 Å². The predicted octanol–water partition coefficient (Wildman–Crippen LogP) is 3.51. The quantitative estimate of drug-likeness (QED) is 0.599. The summed E-state index contributed by atoms with van der Waals surface area (Å²) in [4.78, 5) is 27.3. The highest BCUT2D eigenvalue weighted by Crippen LogP contribution is 2.27. The summed E-state index contributed by atoms with van der Waals surface area (Å²) in [5, 5.41) is 9.26. The summed E-state index contributed by atoms with van der Waals surface area (Å²) in [7, 11) is 1.95. The number of carboxylic acid groups (broad SMARTS) is 1. The van der Waals surface area contributed by atoms with Crippen molar-refractivity contribution in [1.29, 1.82) is 0 Å². The van der Waals surface area contributed by atoms with Crippen LogP contribution in [0.4, 0.5) is 5.82 Å². The van der Waals surface area contributed by atoms with E-state index in [1.54, 1.807) is 24.5 Å². The van der Waals surface area contributed by atoms with Crippen molar-refractivity contribution < 1.29 is 9.90 Å². The van der Waals surface area contributed by atoms with Crippen molar-refractivity contribution in [1.82, 2.24) is 19.5 Å². The molecule has 2 aromatic carbocycles. The summed E-state index contributed by atoms with van der Waals surface area (Å²) in [6.07, 6.45) is 1.74. The molecule has 0 aliphatic heterocycles. The molecule has 27 heavy (non-hydrogen) atoms.